The molecule has 46 heavy (non-hydrogen) atoms. The van der Waals surface area contributed by atoms with E-state index in [1.54, 1.807) is 36.4 Å². The molecule has 0 spiro atoms. The number of anilines is 1. The van der Waals surface area contributed by atoms with Gasteiger partial charge in [-0.1, -0.05) is 45.4 Å². The number of aromatic nitrogens is 2. The van der Waals surface area contributed by atoms with Crippen LogP contribution in [0.2, 0.25) is 0 Å². The highest BCUT2D eigenvalue weighted by molar-refractivity contribution is 7.84. The van der Waals surface area contributed by atoms with E-state index in [0.717, 1.165) is 35.4 Å². The predicted molar refractivity (Wildman–Crippen MR) is 182 cm³/mol. The van der Waals surface area contributed by atoms with E-state index in [-0.39, 0.29) is 7.18 Å². The van der Waals surface area contributed by atoms with Gasteiger partial charge in [0.1, 0.15) is 18.1 Å². The molecule has 0 aliphatic carbocycles. The van der Waals surface area contributed by atoms with E-state index in [0.29, 0.717) is 47.5 Å². The molecule has 1 heterocycles. The van der Waals surface area contributed by atoms with Gasteiger partial charge in [-0.2, -0.15) is 8.78 Å². The zero-order chi connectivity index (χ0) is 33.5. The van der Waals surface area contributed by atoms with Crippen LogP contribution >= 0.6 is 0 Å². The van der Waals surface area contributed by atoms with Crippen molar-refractivity contribution in [2.24, 2.45) is 7.05 Å². The molecule has 0 aliphatic heterocycles. The monoisotopic (exact) mass is 657 g/mol. The van der Waals surface area contributed by atoms with Crippen molar-refractivity contribution in [3.05, 3.63) is 89.8 Å². The number of hydrogen-bond donors (Lipinski definition) is 2. The van der Waals surface area contributed by atoms with E-state index in [1.807, 2.05) is 56.8 Å². The molecule has 0 saturated carbocycles. The van der Waals surface area contributed by atoms with Crippen molar-refractivity contribution in [2.75, 3.05) is 25.1 Å². The summed E-state index contributed by atoms with van der Waals surface area (Å²) < 4.78 is 56.6. The highest BCUT2D eigenvalue weighted by atomic mass is 32.2. The number of H-pyrrole nitrogens is 1. The quantitative estimate of drug-likeness (QED) is 0.0933. The molecule has 3 aromatic carbocycles. The molecular weight excluding hydrogens is 612 g/mol. The van der Waals surface area contributed by atoms with Gasteiger partial charge in [0.15, 0.2) is 0 Å². The largest absolute Gasteiger partial charge is 0.491 e. The Morgan fingerprint density at radius 2 is 1.72 bits per heavy atom. The minimum Gasteiger partial charge on any atom is -0.491 e. The number of hydrogen-bond acceptors (Lipinski definition) is 5. The Balaban J connectivity index is 0.00000251. The lowest BCUT2D eigenvalue weighted by Crippen LogP contribution is -2.16. The summed E-state index contributed by atoms with van der Waals surface area (Å²) in [5.74, 6) is 0.548. The molecule has 0 aliphatic rings. The first-order chi connectivity index (χ1) is 22.2. The van der Waals surface area contributed by atoms with Crippen LogP contribution in [0.3, 0.4) is 0 Å². The minimum atomic E-state index is -3.02. The Labute approximate surface area is 273 Å². The lowest BCUT2D eigenvalue weighted by Gasteiger charge is -2.17. The number of aromatic amines is 1. The average Bonchev–Trinajstić information content (AvgIpc) is 3.07. The summed E-state index contributed by atoms with van der Waals surface area (Å²) in [5, 5.41) is 5.83. The molecule has 1 atom stereocenters. The number of amides is 1. The maximum Gasteiger partial charge on any atom is 0.387 e. The van der Waals surface area contributed by atoms with Crippen molar-refractivity contribution >= 4 is 28.5 Å². The van der Waals surface area contributed by atoms with Crippen molar-refractivity contribution in [2.45, 2.75) is 57.8 Å². The molecule has 0 radical (unpaired) electrons. The number of nitrogens with one attached hydrogen (secondary N) is 2. The van der Waals surface area contributed by atoms with Crippen LogP contribution in [-0.4, -0.2) is 46.3 Å². The molecule has 2 N–H and O–H groups in total. The summed E-state index contributed by atoms with van der Waals surface area (Å²) in [5.41, 5.74) is 4.38. The summed E-state index contributed by atoms with van der Waals surface area (Å²) in [6.07, 6.45) is 4.77. The van der Waals surface area contributed by atoms with Gasteiger partial charge in [0.05, 0.1) is 34.5 Å². The molecule has 4 rings (SSSR count). The normalized spacial score (nSPS) is 11.7. The van der Waals surface area contributed by atoms with Gasteiger partial charge in [-0.25, -0.2) is 0 Å². The van der Waals surface area contributed by atoms with E-state index in [2.05, 4.69) is 22.1 Å². The molecular formula is C35H45F2N3O5S. The second-order valence-electron chi connectivity index (χ2n) is 10.0. The zero-order valence-corrected chi connectivity index (χ0v) is 27.8. The summed E-state index contributed by atoms with van der Waals surface area (Å²) in [6.45, 7) is 6.71. The number of carbonyl (C=O) groups is 1. The fourth-order valence-electron chi connectivity index (χ4n) is 4.28. The standard InChI is InChI=1S/C33H37F2N3O5S.C2H6.H2/c1-4-5-18-41-19-20-42-28-12-6-24(7-13-28)25-8-16-31(43-33(34)35)26(21-25)9-17-32(39)36-27-10-14-29(15-11-27)44(40)22-30-23(2)38(3)37-30;1-2;/h6-17,21,33,37H,4-5,18-20,22H2,1-3H3,(H,36,39);1-2H3;1H/b17-9+;;. The number of halogens is 2. The van der Waals surface area contributed by atoms with Gasteiger partial charge in [-0.15, -0.1) is 0 Å². The van der Waals surface area contributed by atoms with E-state index >= 15 is 0 Å². The van der Waals surface area contributed by atoms with Gasteiger partial charge < -0.3 is 24.6 Å². The third-order valence-electron chi connectivity index (χ3n) is 6.87. The lowest BCUT2D eigenvalue weighted by molar-refractivity contribution is -0.111. The maximum atomic E-state index is 13.1. The Kier molecular flexibility index (Phi) is 14.7. The first kappa shape index (κ1) is 36.3. The van der Waals surface area contributed by atoms with E-state index in [9.17, 15) is 17.8 Å². The third kappa shape index (κ3) is 11.0. The first-order valence-electron chi connectivity index (χ1n) is 15.3. The summed E-state index contributed by atoms with van der Waals surface area (Å²) in [6, 6.07) is 18.9. The molecule has 8 nitrogen and oxygen atoms in total. The number of nitrogens with zero attached hydrogens (tertiary/aromatic N) is 1. The predicted octanol–water partition coefficient (Wildman–Crippen LogP) is 8.36. The van der Waals surface area contributed by atoms with Crippen molar-refractivity contribution in [3.63, 3.8) is 0 Å². The number of rotatable bonds is 16. The van der Waals surface area contributed by atoms with E-state index in [1.165, 1.54) is 18.2 Å². The molecule has 1 unspecified atom stereocenters. The molecule has 1 aromatic heterocycles. The lowest BCUT2D eigenvalue weighted by atomic mass is 10.0. The molecule has 0 fully saturated rings. The van der Waals surface area contributed by atoms with Gasteiger partial charge in [0.2, 0.25) is 5.91 Å². The molecule has 0 saturated heterocycles. The van der Waals surface area contributed by atoms with Crippen LogP contribution in [0.15, 0.2) is 77.7 Å². The van der Waals surface area contributed by atoms with E-state index in [4.69, 9.17) is 9.47 Å². The number of carbonyl (C=O) groups excluding carboxylic acids is 1. The van der Waals surface area contributed by atoms with Crippen LogP contribution in [0.5, 0.6) is 11.5 Å². The number of unbranched alkanes of at least 4 members (excludes halogenated alkanes) is 1. The second kappa shape index (κ2) is 18.7. The Morgan fingerprint density at radius 1 is 1.02 bits per heavy atom. The molecule has 11 heteroatoms. The summed E-state index contributed by atoms with van der Waals surface area (Å²) in [4.78, 5) is 13.3. The van der Waals surface area contributed by atoms with Gasteiger partial charge in [-0.3, -0.25) is 13.7 Å². The number of aryl methyl sites for hydroxylation is 1. The minimum absolute atomic E-state index is 0. The number of alkyl halides is 2. The number of benzene rings is 3. The van der Waals surface area contributed by atoms with Crippen LogP contribution in [0.4, 0.5) is 14.5 Å². The maximum absolute atomic E-state index is 13.1. The fourth-order valence-corrected chi connectivity index (χ4v) is 5.42. The smallest absolute Gasteiger partial charge is 0.387 e. The van der Waals surface area contributed by atoms with Crippen molar-refractivity contribution in [1.82, 2.24) is 9.78 Å². The molecule has 0 bridgehead atoms. The van der Waals surface area contributed by atoms with Gasteiger partial charge >= 0.3 is 6.61 Å². The Bertz CT molecular complexity index is 1570. The topological polar surface area (TPSA) is 94.6 Å². The molecule has 1 amide bonds. The number of ether oxygens (including phenoxy) is 3. The van der Waals surface area contributed by atoms with E-state index < -0.39 is 23.3 Å². The SMILES string of the molecule is CC.CCCCOCCOc1ccc(-c2ccc(OC(F)F)c(/C=C/C(=O)Nc3ccc(S(=O)Cc4[nH]n(C)c4C)cc3)c2)cc1.[HH]. The van der Waals surface area contributed by atoms with Crippen LogP contribution in [0.1, 0.15) is 52.0 Å². The molecule has 250 valence electrons. The fraction of sp³-hybridized carbons (Fsp3) is 0.343. The first-order valence-corrected chi connectivity index (χ1v) is 16.6. The van der Waals surface area contributed by atoms with Gasteiger partial charge in [0, 0.05) is 37.3 Å². The highest BCUT2D eigenvalue weighted by Gasteiger charge is 2.13. The van der Waals surface area contributed by atoms with Crippen LogP contribution in [-0.2, 0) is 33.1 Å². The van der Waals surface area contributed by atoms with Gasteiger partial charge in [0.25, 0.3) is 0 Å². The second-order valence-corrected chi connectivity index (χ2v) is 11.5. The van der Waals surface area contributed by atoms with Gasteiger partial charge in [-0.05, 0) is 79.1 Å². The Morgan fingerprint density at radius 3 is 2.35 bits per heavy atom. The highest BCUT2D eigenvalue weighted by Crippen LogP contribution is 2.30. The van der Waals surface area contributed by atoms with Crippen molar-refractivity contribution in [3.8, 4) is 22.6 Å². The van der Waals surface area contributed by atoms with Crippen molar-refractivity contribution in [1.29, 1.82) is 0 Å². The van der Waals surface area contributed by atoms with Crippen molar-refractivity contribution < 1.29 is 33.4 Å². The Hall–Kier alpha value is -4.22. The summed E-state index contributed by atoms with van der Waals surface area (Å²) in [7, 11) is 0.650. The van der Waals surface area contributed by atoms with Crippen LogP contribution < -0.4 is 14.8 Å². The average molecular weight is 658 g/mol. The third-order valence-corrected chi connectivity index (χ3v) is 8.22. The zero-order valence-electron chi connectivity index (χ0n) is 27.0. The van der Waals surface area contributed by atoms with Crippen LogP contribution in [0, 0.1) is 6.92 Å². The van der Waals surface area contributed by atoms with Crippen LogP contribution in [0.25, 0.3) is 17.2 Å². The summed E-state index contributed by atoms with van der Waals surface area (Å²) >= 11 is 0. The molecule has 4 aromatic rings.